The van der Waals surface area contributed by atoms with Crippen LogP contribution < -0.4 is 10.2 Å². The van der Waals surface area contributed by atoms with Crippen molar-refractivity contribution in [2.45, 2.75) is 12.7 Å². The Morgan fingerprint density at radius 1 is 1.10 bits per heavy atom. The number of rotatable bonds is 5. The molecule has 0 atom stereocenters. The molecule has 0 aliphatic carbocycles. The summed E-state index contributed by atoms with van der Waals surface area (Å²) in [5.74, 6) is -0.398. The highest BCUT2D eigenvalue weighted by Crippen LogP contribution is 2.36. The number of nitrogens with zero attached hydrogens (tertiary/aromatic N) is 3. The number of nitrogens with one attached hydrogen (secondary N) is 1. The lowest BCUT2D eigenvalue weighted by atomic mass is 10.2. The maximum Gasteiger partial charge on any atom is 0.421 e. The molecule has 0 radical (unpaired) electrons. The normalized spacial score (nSPS) is 11.4. The summed E-state index contributed by atoms with van der Waals surface area (Å²) in [4.78, 5) is 9.10. The van der Waals surface area contributed by atoms with Crippen LogP contribution in [0, 0.1) is 0 Å². The van der Waals surface area contributed by atoms with Gasteiger partial charge in [0.2, 0.25) is 5.95 Å². The zero-order chi connectivity index (χ0) is 21.2. The second-order valence-electron chi connectivity index (χ2n) is 6.17. The molecule has 1 heterocycles. The maximum atomic E-state index is 13.5. The summed E-state index contributed by atoms with van der Waals surface area (Å²) in [7, 11) is 1.45. The van der Waals surface area contributed by atoms with Crippen molar-refractivity contribution >= 4 is 40.7 Å². The molecule has 0 aliphatic heterocycles. The van der Waals surface area contributed by atoms with E-state index in [4.69, 9.17) is 23.2 Å². The molecule has 1 aromatic heterocycles. The van der Waals surface area contributed by atoms with E-state index in [1.807, 2.05) is 0 Å². The fourth-order valence-electron chi connectivity index (χ4n) is 2.60. The first kappa shape index (κ1) is 21.0. The van der Waals surface area contributed by atoms with Crippen molar-refractivity contribution in [2.75, 3.05) is 17.3 Å². The first-order valence-electron chi connectivity index (χ1n) is 8.29. The summed E-state index contributed by atoms with van der Waals surface area (Å²) in [6.45, 7) is 0.0129. The van der Waals surface area contributed by atoms with Crippen LogP contribution in [-0.2, 0) is 12.7 Å². The molecule has 0 bridgehead atoms. The molecule has 3 rings (SSSR count). The van der Waals surface area contributed by atoms with Gasteiger partial charge in [-0.3, -0.25) is 0 Å². The van der Waals surface area contributed by atoms with E-state index in [0.717, 1.165) is 0 Å². The molecule has 0 aliphatic rings. The number of para-hydroxylation sites is 1. The van der Waals surface area contributed by atoms with Crippen molar-refractivity contribution in [3.63, 3.8) is 0 Å². The van der Waals surface area contributed by atoms with E-state index in [-0.39, 0.29) is 29.1 Å². The molecule has 3 aromatic rings. The zero-order valence-corrected chi connectivity index (χ0v) is 16.5. The summed E-state index contributed by atoms with van der Waals surface area (Å²) >= 11 is 11.8. The number of hydrogen-bond donors (Lipinski definition) is 2. The van der Waals surface area contributed by atoms with Gasteiger partial charge in [0.1, 0.15) is 17.1 Å². The van der Waals surface area contributed by atoms with Gasteiger partial charge in [0.25, 0.3) is 0 Å². The second-order valence-corrected chi connectivity index (χ2v) is 6.98. The minimum absolute atomic E-state index is 0.0129. The number of alkyl halides is 3. The van der Waals surface area contributed by atoms with Crippen LogP contribution in [0.4, 0.5) is 30.6 Å². The lowest BCUT2D eigenvalue weighted by molar-refractivity contribution is -0.137. The third-order valence-electron chi connectivity index (χ3n) is 4.01. The number of phenols is 1. The van der Waals surface area contributed by atoms with Crippen molar-refractivity contribution in [2.24, 2.45) is 0 Å². The minimum atomic E-state index is -4.65. The highest BCUT2D eigenvalue weighted by molar-refractivity contribution is 6.42. The largest absolute Gasteiger partial charge is 0.508 e. The van der Waals surface area contributed by atoms with Crippen LogP contribution >= 0.6 is 23.2 Å². The van der Waals surface area contributed by atoms with Gasteiger partial charge in [-0.25, -0.2) is 4.98 Å². The van der Waals surface area contributed by atoms with E-state index < -0.39 is 11.7 Å². The SMILES string of the molecule is CN(Cc1ccccc1O)c1nc(Nc2ccc(Cl)c(Cl)c2)ncc1C(F)(F)F. The van der Waals surface area contributed by atoms with Crippen LogP contribution in [0.3, 0.4) is 0 Å². The van der Waals surface area contributed by atoms with Crippen LogP contribution in [0.25, 0.3) is 0 Å². The topological polar surface area (TPSA) is 61.3 Å². The fraction of sp³-hybridized carbons (Fsp3) is 0.158. The molecule has 10 heteroatoms. The van der Waals surface area contributed by atoms with Crippen molar-refractivity contribution in [1.82, 2.24) is 9.97 Å². The maximum absolute atomic E-state index is 13.5. The Bertz CT molecular complexity index is 1030. The first-order valence-corrected chi connectivity index (χ1v) is 9.05. The molecular weight excluding hydrogens is 428 g/mol. The van der Waals surface area contributed by atoms with E-state index in [1.165, 1.54) is 24.1 Å². The van der Waals surface area contributed by atoms with Crippen molar-refractivity contribution in [3.05, 3.63) is 69.8 Å². The number of halogens is 5. The Morgan fingerprint density at radius 2 is 1.83 bits per heavy atom. The van der Waals surface area contributed by atoms with Crippen LogP contribution in [0.2, 0.25) is 10.0 Å². The molecule has 2 aromatic carbocycles. The highest BCUT2D eigenvalue weighted by Gasteiger charge is 2.36. The van der Waals surface area contributed by atoms with Gasteiger partial charge in [-0.15, -0.1) is 0 Å². The summed E-state index contributed by atoms with van der Waals surface area (Å²) in [5.41, 5.74) is -0.0655. The Hall–Kier alpha value is -2.71. The lowest BCUT2D eigenvalue weighted by Crippen LogP contribution is -2.23. The van der Waals surface area contributed by atoms with Gasteiger partial charge in [0, 0.05) is 31.0 Å². The van der Waals surface area contributed by atoms with Gasteiger partial charge < -0.3 is 15.3 Å². The van der Waals surface area contributed by atoms with E-state index in [1.54, 1.807) is 30.3 Å². The number of aromatic hydroxyl groups is 1. The second kappa shape index (κ2) is 8.34. The van der Waals surface area contributed by atoms with Crippen LogP contribution in [-0.4, -0.2) is 22.1 Å². The first-order chi connectivity index (χ1) is 13.6. The Kier molecular flexibility index (Phi) is 6.04. The Labute approximate surface area is 174 Å². The van der Waals surface area contributed by atoms with E-state index in [0.29, 0.717) is 22.5 Å². The third kappa shape index (κ3) is 5.02. The molecular formula is C19H15Cl2F3N4O. The molecule has 2 N–H and O–H groups in total. The highest BCUT2D eigenvalue weighted by atomic mass is 35.5. The van der Waals surface area contributed by atoms with Crippen LogP contribution in [0.5, 0.6) is 5.75 Å². The Balaban J connectivity index is 1.95. The van der Waals surface area contributed by atoms with Gasteiger partial charge in [-0.1, -0.05) is 41.4 Å². The number of anilines is 3. The zero-order valence-electron chi connectivity index (χ0n) is 15.0. The van der Waals surface area contributed by atoms with Gasteiger partial charge >= 0.3 is 6.18 Å². The minimum Gasteiger partial charge on any atom is -0.508 e. The predicted octanol–water partition coefficient (Wildman–Crippen LogP) is 5.89. The standard InChI is InChI=1S/C19H15Cl2F3N4O/c1-28(10-11-4-2-3-5-16(11)29)17-13(19(22,23)24)9-25-18(27-17)26-12-6-7-14(20)15(21)8-12/h2-9,29H,10H2,1H3,(H,25,26,27). The van der Waals surface area contributed by atoms with Gasteiger partial charge in [-0.2, -0.15) is 18.2 Å². The molecule has 0 amide bonds. The number of benzene rings is 2. The van der Waals surface area contributed by atoms with E-state index in [2.05, 4.69) is 15.3 Å². The smallest absolute Gasteiger partial charge is 0.421 e. The number of phenolic OH excluding ortho intramolecular Hbond substituents is 1. The molecule has 5 nitrogen and oxygen atoms in total. The Morgan fingerprint density at radius 3 is 2.48 bits per heavy atom. The predicted molar refractivity (Wildman–Crippen MR) is 107 cm³/mol. The third-order valence-corrected chi connectivity index (χ3v) is 4.75. The van der Waals surface area contributed by atoms with Gasteiger partial charge in [-0.05, 0) is 24.3 Å². The summed E-state index contributed by atoms with van der Waals surface area (Å²) in [6, 6.07) is 11.0. The van der Waals surface area contributed by atoms with Gasteiger partial charge in [0.05, 0.1) is 10.0 Å². The summed E-state index contributed by atoms with van der Waals surface area (Å²) in [6.07, 6.45) is -3.94. The average molecular weight is 443 g/mol. The summed E-state index contributed by atoms with van der Waals surface area (Å²) in [5, 5.41) is 13.3. The monoisotopic (exact) mass is 442 g/mol. The number of hydrogen-bond acceptors (Lipinski definition) is 5. The molecule has 0 spiro atoms. The average Bonchev–Trinajstić information content (AvgIpc) is 2.65. The molecule has 0 fully saturated rings. The molecule has 29 heavy (non-hydrogen) atoms. The number of aromatic nitrogens is 2. The fourth-order valence-corrected chi connectivity index (χ4v) is 2.90. The molecule has 0 saturated carbocycles. The van der Waals surface area contributed by atoms with Crippen LogP contribution in [0.1, 0.15) is 11.1 Å². The molecule has 0 saturated heterocycles. The lowest BCUT2D eigenvalue weighted by Gasteiger charge is -2.23. The van der Waals surface area contributed by atoms with Crippen molar-refractivity contribution < 1.29 is 18.3 Å². The molecule has 152 valence electrons. The van der Waals surface area contributed by atoms with Gasteiger partial charge in [0.15, 0.2) is 0 Å². The van der Waals surface area contributed by atoms with E-state index >= 15 is 0 Å². The quantitative estimate of drug-likeness (QED) is 0.515. The summed E-state index contributed by atoms with van der Waals surface area (Å²) < 4.78 is 40.4. The van der Waals surface area contributed by atoms with Crippen molar-refractivity contribution in [1.29, 1.82) is 0 Å². The van der Waals surface area contributed by atoms with Crippen molar-refractivity contribution in [3.8, 4) is 5.75 Å². The van der Waals surface area contributed by atoms with Crippen LogP contribution in [0.15, 0.2) is 48.7 Å². The molecule has 0 unspecified atom stereocenters. The van der Waals surface area contributed by atoms with E-state index in [9.17, 15) is 18.3 Å².